The van der Waals surface area contributed by atoms with Crippen LogP contribution in [0, 0.1) is 0 Å². The van der Waals surface area contributed by atoms with Crippen molar-refractivity contribution in [1.29, 1.82) is 0 Å². The number of halogens is 1. The van der Waals surface area contributed by atoms with Crippen LogP contribution in [0.3, 0.4) is 0 Å². The van der Waals surface area contributed by atoms with E-state index in [4.69, 9.17) is 10.3 Å². The van der Waals surface area contributed by atoms with E-state index in [1.54, 1.807) is 0 Å². The van der Waals surface area contributed by atoms with E-state index in [0.29, 0.717) is 6.54 Å². The van der Waals surface area contributed by atoms with Gasteiger partial charge in [-0.05, 0) is 23.2 Å². The zero-order valence-electron chi connectivity index (χ0n) is 9.84. The van der Waals surface area contributed by atoms with Gasteiger partial charge >= 0.3 is 5.97 Å². The molecule has 1 N–H and O–H groups in total. The molecule has 0 spiro atoms. The van der Waals surface area contributed by atoms with Gasteiger partial charge in [0.05, 0.1) is 7.11 Å². The summed E-state index contributed by atoms with van der Waals surface area (Å²) in [5.74, 6) is -0.377. The van der Waals surface area contributed by atoms with Gasteiger partial charge in [0.15, 0.2) is 0 Å². The second-order valence-electron chi connectivity index (χ2n) is 3.42. The molecule has 0 fully saturated rings. The van der Waals surface area contributed by atoms with Crippen LogP contribution < -0.4 is 5.32 Å². The Hall–Kier alpha value is -1.56. The Morgan fingerprint density at radius 3 is 2.78 bits per heavy atom. The van der Waals surface area contributed by atoms with Crippen molar-refractivity contribution < 1.29 is 9.53 Å². The van der Waals surface area contributed by atoms with Gasteiger partial charge in [0.25, 0.3) is 0 Å². The van der Waals surface area contributed by atoms with Crippen LogP contribution in [0.5, 0.6) is 0 Å². The highest BCUT2D eigenvalue weighted by Crippen LogP contribution is 2.17. The van der Waals surface area contributed by atoms with Crippen LogP contribution in [0.4, 0.5) is 0 Å². The Balaban J connectivity index is 2.74. The lowest BCUT2D eigenvalue weighted by atomic mass is 10.1. The maximum atomic E-state index is 11.7. The summed E-state index contributed by atoms with van der Waals surface area (Å²) in [6, 6.07) is 6.79. The molecule has 96 valence electrons. The number of hydrogen-bond acceptors (Lipinski definition) is 4. The van der Waals surface area contributed by atoms with Crippen LogP contribution in [0.1, 0.15) is 11.6 Å². The van der Waals surface area contributed by atoms with Crippen LogP contribution in [0.2, 0.25) is 0 Å². The average molecular weight is 313 g/mol. The van der Waals surface area contributed by atoms with Crippen molar-refractivity contribution in [3.8, 4) is 0 Å². The fourth-order valence-electron chi connectivity index (χ4n) is 1.41. The number of esters is 1. The van der Waals surface area contributed by atoms with Gasteiger partial charge in [-0.3, -0.25) is 0 Å². The van der Waals surface area contributed by atoms with Crippen molar-refractivity contribution in [3.63, 3.8) is 0 Å². The Kier molecular flexibility index (Phi) is 6.21. The number of methoxy groups -OCH3 is 1. The molecule has 0 bridgehead atoms. The Bertz CT molecular complexity index is 443. The van der Waals surface area contributed by atoms with Crippen molar-refractivity contribution in [2.24, 2.45) is 5.11 Å². The number of ether oxygens (including phenoxy) is 1. The van der Waals surface area contributed by atoms with E-state index in [1.165, 1.54) is 7.11 Å². The lowest BCUT2D eigenvalue weighted by Crippen LogP contribution is -2.31. The van der Waals surface area contributed by atoms with Crippen molar-refractivity contribution >= 4 is 21.9 Å². The van der Waals surface area contributed by atoms with E-state index >= 15 is 0 Å². The molecule has 0 aromatic heterocycles. The normalized spacial score (nSPS) is 11.4. The average Bonchev–Trinajstić information content (AvgIpc) is 2.39. The molecule has 0 amide bonds. The maximum Gasteiger partial charge on any atom is 0.327 e. The fraction of sp³-hybridized carbons (Fsp3) is 0.364. The van der Waals surface area contributed by atoms with Crippen molar-refractivity contribution in [1.82, 2.24) is 5.32 Å². The van der Waals surface area contributed by atoms with E-state index in [1.807, 2.05) is 24.3 Å². The molecular formula is C11H13BrN4O2. The van der Waals surface area contributed by atoms with Crippen LogP contribution in [-0.2, 0) is 9.53 Å². The standard InChI is InChI=1S/C11H13BrN4O2/c1-18-11(17)10(14-6-7-15-16-13)8-2-4-9(12)5-3-8/h2-5,10,14H,6-7H2,1H3. The number of hydrogen-bond donors (Lipinski definition) is 1. The van der Waals surface area contributed by atoms with E-state index in [9.17, 15) is 4.79 Å². The molecule has 18 heavy (non-hydrogen) atoms. The predicted molar refractivity (Wildman–Crippen MR) is 70.9 cm³/mol. The van der Waals surface area contributed by atoms with E-state index < -0.39 is 6.04 Å². The monoisotopic (exact) mass is 312 g/mol. The molecule has 7 heteroatoms. The smallest absolute Gasteiger partial charge is 0.327 e. The van der Waals surface area contributed by atoms with Gasteiger partial charge in [-0.15, -0.1) is 0 Å². The second kappa shape index (κ2) is 7.71. The van der Waals surface area contributed by atoms with Crippen molar-refractivity contribution in [2.75, 3.05) is 20.2 Å². The van der Waals surface area contributed by atoms with Crippen LogP contribution in [-0.4, -0.2) is 26.2 Å². The second-order valence-corrected chi connectivity index (χ2v) is 4.33. The largest absolute Gasteiger partial charge is 0.468 e. The highest BCUT2D eigenvalue weighted by molar-refractivity contribution is 9.10. The SMILES string of the molecule is COC(=O)C(NCCN=[N+]=[N-])c1ccc(Br)cc1. The minimum atomic E-state index is -0.558. The molecule has 1 aromatic carbocycles. The highest BCUT2D eigenvalue weighted by Gasteiger charge is 2.20. The highest BCUT2D eigenvalue weighted by atomic mass is 79.9. The molecule has 1 rings (SSSR count). The molecule has 0 aliphatic carbocycles. The number of nitrogens with one attached hydrogen (secondary N) is 1. The molecule has 6 nitrogen and oxygen atoms in total. The number of carbonyl (C=O) groups excluding carboxylic acids is 1. The molecule has 0 saturated carbocycles. The predicted octanol–water partition coefficient (Wildman–Crippen LogP) is 2.56. The minimum absolute atomic E-state index is 0.278. The third-order valence-corrected chi connectivity index (χ3v) is 2.79. The zero-order valence-corrected chi connectivity index (χ0v) is 11.4. The quantitative estimate of drug-likeness (QED) is 0.288. The number of rotatable bonds is 6. The van der Waals surface area contributed by atoms with E-state index in [0.717, 1.165) is 10.0 Å². The summed E-state index contributed by atoms with van der Waals surface area (Å²) in [7, 11) is 1.34. The molecule has 0 heterocycles. The molecule has 0 aliphatic rings. The third-order valence-electron chi connectivity index (χ3n) is 2.26. The Labute approximate surface area is 113 Å². The fourth-order valence-corrected chi connectivity index (χ4v) is 1.68. The van der Waals surface area contributed by atoms with Crippen molar-refractivity contribution in [2.45, 2.75) is 6.04 Å². The summed E-state index contributed by atoms with van der Waals surface area (Å²) in [6.07, 6.45) is 0. The number of benzene rings is 1. The number of carbonyl (C=O) groups is 1. The van der Waals surface area contributed by atoms with Gasteiger partial charge in [-0.25, -0.2) is 4.79 Å². The maximum absolute atomic E-state index is 11.7. The summed E-state index contributed by atoms with van der Waals surface area (Å²) < 4.78 is 5.67. The van der Waals surface area contributed by atoms with Gasteiger partial charge in [-0.2, -0.15) is 0 Å². The topological polar surface area (TPSA) is 87.1 Å². The van der Waals surface area contributed by atoms with Crippen LogP contribution in [0.25, 0.3) is 10.4 Å². The molecule has 1 atom stereocenters. The molecule has 0 aliphatic heterocycles. The Morgan fingerprint density at radius 2 is 2.22 bits per heavy atom. The molecule has 1 aromatic rings. The molecule has 1 unspecified atom stereocenters. The number of azide groups is 1. The van der Waals surface area contributed by atoms with Gasteiger partial charge in [0, 0.05) is 22.5 Å². The lowest BCUT2D eigenvalue weighted by Gasteiger charge is -2.16. The first-order valence-electron chi connectivity index (χ1n) is 5.26. The molecule has 0 radical (unpaired) electrons. The summed E-state index contributed by atoms with van der Waals surface area (Å²) >= 11 is 3.33. The molecule has 0 saturated heterocycles. The minimum Gasteiger partial charge on any atom is -0.468 e. The van der Waals surface area contributed by atoms with Crippen LogP contribution in [0.15, 0.2) is 33.9 Å². The van der Waals surface area contributed by atoms with E-state index in [-0.39, 0.29) is 12.5 Å². The number of nitrogens with zero attached hydrogens (tertiary/aromatic N) is 3. The summed E-state index contributed by atoms with van der Waals surface area (Å²) in [6.45, 7) is 0.681. The Morgan fingerprint density at radius 1 is 1.56 bits per heavy atom. The van der Waals surface area contributed by atoms with Crippen molar-refractivity contribution in [3.05, 3.63) is 44.7 Å². The molecular weight excluding hydrogens is 300 g/mol. The lowest BCUT2D eigenvalue weighted by molar-refractivity contribution is -0.143. The van der Waals surface area contributed by atoms with Gasteiger partial charge in [0.1, 0.15) is 6.04 Å². The zero-order chi connectivity index (χ0) is 13.4. The summed E-state index contributed by atoms with van der Waals surface area (Å²) in [4.78, 5) is 14.3. The van der Waals surface area contributed by atoms with Gasteiger partial charge in [0.2, 0.25) is 0 Å². The summed E-state index contributed by atoms with van der Waals surface area (Å²) in [5, 5.41) is 6.38. The first kappa shape index (κ1) is 14.5. The van der Waals surface area contributed by atoms with Gasteiger partial charge < -0.3 is 10.1 Å². The van der Waals surface area contributed by atoms with Crippen LogP contribution >= 0.6 is 15.9 Å². The third kappa shape index (κ3) is 4.37. The van der Waals surface area contributed by atoms with Gasteiger partial charge in [-0.1, -0.05) is 33.2 Å². The van der Waals surface area contributed by atoms with E-state index in [2.05, 4.69) is 31.3 Å². The first-order chi connectivity index (χ1) is 8.69. The first-order valence-corrected chi connectivity index (χ1v) is 6.06. The summed E-state index contributed by atoms with van der Waals surface area (Å²) in [5.41, 5.74) is 8.97.